The summed E-state index contributed by atoms with van der Waals surface area (Å²) in [5.74, 6) is -2.30. The monoisotopic (exact) mass is 431 g/mol. The fraction of sp³-hybridized carbons (Fsp3) is 0.238. The van der Waals surface area contributed by atoms with Gasteiger partial charge in [-0.2, -0.15) is 0 Å². The first-order valence-electron chi connectivity index (χ1n) is 9.12. The van der Waals surface area contributed by atoms with Crippen molar-refractivity contribution >= 4 is 41.0 Å². The lowest BCUT2D eigenvalue weighted by atomic mass is 10.1. The summed E-state index contributed by atoms with van der Waals surface area (Å²) < 4.78 is 4.81. The van der Waals surface area contributed by atoms with Gasteiger partial charge in [0.1, 0.15) is 0 Å². The topological polar surface area (TPSA) is 114 Å². The number of halogens is 1. The summed E-state index contributed by atoms with van der Waals surface area (Å²) in [5.41, 5.74) is 7.18. The Bertz CT molecular complexity index is 924. The number of aryl methyl sites for hydroxylation is 2. The summed E-state index contributed by atoms with van der Waals surface area (Å²) >= 11 is 5.74. The predicted octanol–water partition coefficient (Wildman–Crippen LogP) is 2.68. The molecule has 0 aromatic heterocycles. The summed E-state index contributed by atoms with van der Waals surface area (Å²) in [7, 11) is 0. The van der Waals surface area contributed by atoms with Crippen LogP contribution in [-0.4, -0.2) is 30.3 Å². The number of nitrogens with one attached hydrogen (secondary N) is 3. The van der Waals surface area contributed by atoms with Crippen LogP contribution in [-0.2, 0) is 19.1 Å². The van der Waals surface area contributed by atoms with Gasteiger partial charge in [0.2, 0.25) is 5.91 Å². The van der Waals surface area contributed by atoms with Gasteiger partial charge in [0, 0.05) is 22.7 Å². The highest BCUT2D eigenvalue weighted by Crippen LogP contribution is 2.19. The highest BCUT2D eigenvalue weighted by Gasteiger charge is 2.13. The minimum atomic E-state index is -0.717. The Morgan fingerprint density at radius 1 is 0.867 bits per heavy atom. The number of hydrogen-bond acceptors (Lipinski definition) is 5. The molecular formula is C21H22ClN3O5. The number of esters is 1. The third-order valence-electron chi connectivity index (χ3n) is 4.09. The molecule has 0 saturated heterocycles. The van der Waals surface area contributed by atoms with Gasteiger partial charge in [-0.25, -0.2) is 0 Å². The average molecular weight is 432 g/mol. The van der Waals surface area contributed by atoms with Crippen LogP contribution in [0.5, 0.6) is 0 Å². The maximum atomic E-state index is 12.0. The number of hydrazine groups is 1. The van der Waals surface area contributed by atoms with Crippen LogP contribution in [0.15, 0.2) is 42.5 Å². The number of benzene rings is 2. The highest BCUT2D eigenvalue weighted by atomic mass is 35.5. The van der Waals surface area contributed by atoms with E-state index < -0.39 is 24.4 Å². The van der Waals surface area contributed by atoms with E-state index in [2.05, 4.69) is 16.2 Å². The first-order chi connectivity index (χ1) is 14.3. The van der Waals surface area contributed by atoms with Crippen LogP contribution in [0, 0.1) is 13.8 Å². The Hall–Kier alpha value is -3.39. The summed E-state index contributed by atoms with van der Waals surface area (Å²) in [6, 6.07) is 11.7. The molecule has 3 amide bonds. The van der Waals surface area contributed by atoms with Gasteiger partial charge in [-0.15, -0.1) is 0 Å². The third kappa shape index (κ3) is 7.21. The van der Waals surface area contributed by atoms with E-state index in [0.717, 1.165) is 11.1 Å². The quantitative estimate of drug-likeness (QED) is 0.460. The smallest absolute Gasteiger partial charge is 0.306 e. The number of carbonyl (C=O) groups is 4. The van der Waals surface area contributed by atoms with E-state index in [4.69, 9.17) is 16.3 Å². The maximum Gasteiger partial charge on any atom is 0.306 e. The molecule has 2 rings (SSSR count). The molecule has 2 aromatic rings. The molecule has 0 radical (unpaired) electrons. The minimum absolute atomic E-state index is 0.0818. The van der Waals surface area contributed by atoms with Crippen molar-refractivity contribution in [2.75, 3.05) is 11.9 Å². The Balaban J connectivity index is 1.67. The third-order valence-corrected chi connectivity index (χ3v) is 4.34. The van der Waals surface area contributed by atoms with Crippen LogP contribution in [0.1, 0.15) is 34.3 Å². The number of hydrogen-bond donors (Lipinski definition) is 3. The zero-order valence-electron chi connectivity index (χ0n) is 16.6. The van der Waals surface area contributed by atoms with Crippen LogP contribution in [0.25, 0.3) is 0 Å². The molecule has 30 heavy (non-hydrogen) atoms. The molecule has 0 spiro atoms. The van der Waals surface area contributed by atoms with E-state index in [1.807, 2.05) is 32.0 Å². The molecule has 3 N–H and O–H groups in total. The Morgan fingerprint density at radius 2 is 1.50 bits per heavy atom. The number of rotatable bonds is 7. The molecule has 0 heterocycles. The highest BCUT2D eigenvalue weighted by molar-refractivity contribution is 6.30. The van der Waals surface area contributed by atoms with E-state index in [9.17, 15) is 19.2 Å². The second-order valence-electron chi connectivity index (χ2n) is 6.48. The molecule has 9 heteroatoms. The molecule has 8 nitrogen and oxygen atoms in total. The van der Waals surface area contributed by atoms with Crippen molar-refractivity contribution < 1.29 is 23.9 Å². The fourth-order valence-corrected chi connectivity index (χ4v) is 2.61. The zero-order chi connectivity index (χ0) is 22.1. The van der Waals surface area contributed by atoms with Crippen LogP contribution in [0.2, 0.25) is 5.02 Å². The lowest BCUT2D eigenvalue weighted by Gasteiger charge is -2.11. The second kappa shape index (κ2) is 11.0. The summed E-state index contributed by atoms with van der Waals surface area (Å²) in [5, 5.41) is 3.25. The number of amides is 3. The van der Waals surface area contributed by atoms with Crippen LogP contribution in [0.4, 0.5) is 5.69 Å². The van der Waals surface area contributed by atoms with E-state index in [1.165, 1.54) is 24.3 Å². The SMILES string of the molecule is Cc1cccc(C)c1NC(=O)CCC(=O)OCC(=O)NNC(=O)c1ccc(Cl)cc1. The summed E-state index contributed by atoms with van der Waals surface area (Å²) in [6.07, 6.45) is -0.261. The van der Waals surface area contributed by atoms with Gasteiger partial charge < -0.3 is 10.1 Å². The number of carbonyl (C=O) groups excluding carboxylic acids is 4. The van der Waals surface area contributed by atoms with E-state index in [-0.39, 0.29) is 18.7 Å². The van der Waals surface area contributed by atoms with Gasteiger partial charge in [0.25, 0.3) is 11.8 Å². The number of para-hydroxylation sites is 1. The minimum Gasteiger partial charge on any atom is -0.455 e. The van der Waals surface area contributed by atoms with Crippen molar-refractivity contribution in [3.8, 4) is 0 Å². The van der Waals surface area contributed by atoms with Gasteiger partial charge in [0.15, 0.2) is 6.61 Å². The molecular weight excluding hydrogens is 410 g/mol. The Morgan fingerprint density at radius 3 is 2.13 bits per heavy atom. The average Bonchev–Trinajstić information content (AvgIpc) is 2.72. The molecule has 0 unspecified atom stereocenters. The number of ether oxygens (including phenoxy) is 1. The molecule has 0 saturated carbocycles. The van der Waals surface area contributed by atoms with Gasteiger partial charge in [0.05, 0.1) is 6.42 Å². The van der Waals surface area contributed by atoms with Crippen molar-refractivity contribution in [2.45, 2.75) is 26.7 Å². The molecule has 0 aliphatic rings. The Labute approximate surface area is 178 Å². The fourth-order valence-electron chi connectivity index (χ4n) is 2.48. The first-order valence-corrected chi connectivity index (χ1v) is 9.50. The number of anilines is 1. The van der Waals surface area contributed by atoms with Crippen LogP contribution >= 0.6 is 11.6 Å². The standard InChI is InChI=1S/C21H22ClN3O5/c1-13-4-3-5-14(2)20(13)23-17(26)10-11-19(28)30-12-18(27)24-25-21(29)15-6-8-16(22)9-7-15/h3-9H,10-12H2,1-2H3,(H,23,26)(H,24,27)(H,25,29). The van der Waals surface area contributed by atoms with Crippen LogP contribution in [0.3, 0.4) is 0 Å². The molecule has 0 atom stereocenters. The maximum absolute atomic E-state index is 12.0. The van der Waals surface area contributed by atoms with Gasteiger partial charge >= 0.3 is 5.97 Å². The van der Waals surface area contributed by atoms with Crippen molar-refractivity contribution in [1.29, 1.82) is 0 Å². The summed E-state index contributed by atoms with van der Waals surface area (Å²) in [4.78, 5) is 47.3. The lowest BCUT2D eigenvalue weighted by Crippen LogP contribution is -2.43. The molecule has 0 aliphatic heterocycles. The molecule has 0 fully saturated rings. The van der Waals surface area contributed by atoms with E-state index in [0.29, 0.717) is 16.3 Å². The first kappa shape index (κ1) is 22.9. The van der Waals surface area contributed by atoms with Crippen molar-refractivity contribution in [3.63, 3.8) is 0 Å². The largest absolute Gasteiger partial charge is 0.455 e. The summed E-state index contributed by atoms with van der Waals surface area (Å²) in [6.45, 7) is 3.17. The van der Waals surface area contributed by atoms with E-state index in [1.54, 1.807) is 0 Å². The molecule has 0 bridgehead atoms. The second-order valence-corrected chi connectivity index (χ2v) is 6.92. The van der Waals surface area contributed by atoms with Crippen molar-refractivity contribution in [2.24, 2.45) is 0 Å². The normalized spacial score (nSPS) is 10.1. The molecule has 0 aliphatic carbocycles. The van der Waals surface area contributed by atoms with Gasteiger partial charge in [-0.1, -0.05) is 29.8 Å². The van der Waals surface area contributed by atoms with E-state index >= 15 is 0 Å². The lowest BCUT2D eigenvalue weighted by molar-refractivity contribution is -0.149. The predicted molar refractivity (Wildman–Crippen MR) is 112 cm³/mol. The zero-order valence-corrected chi connectivity index (χ0v) is 17.3. The Kier molecular flexibility index (Phi) is 8.37. The van der Waals surface area contributed by atoms with Gasteiger partial charge in [-0.3, -0.25) is 30.0 Å². The van der Waals surface area contributed by atoms with Crippen molar-refractivity contribution in [3.05, 3.63) is 64.2 Å². The molecule has 2 aromatic carbocycles. The van der Waals surface area contributed by atoms with Crippen LogP contribution < -0.4 is 16.2 Å². The van der Waals surface area contributed by atoms with Crippen molar-refractivity contribution in [1.82, 2.24) is 10.9 Å². The van der Waals surface area contributed by atoms with Gasteiger partial charge in [-0.05, 0) is 49.2 Å². The molecule has 158 valence electrons.